The number of amides is 1. The smallest absolute Gasteiger partial charge is 0.262 e. The Bertz CT molecular complexity index is 1070. The van der Waals surface area contributed by atoms with Gasteiger partial charge in [-0.1, -0.05) is 11.6 Å². The number of ether oxygens (including phenoxy) is 1. The van der Waals surface area contributed by atoms with Gasteiger partial charge in [-0.25, -0.2) is 9.97 Å². The SMILES string of the molecule is Cc1nc(N2CCCN(C)CC2)nc2ccc(NC(=O)COc3ccc(Cl)cc3)cc12. The standard InChI is InChI=1S/C23H26ClN5O2/c1-16-20-14-18(26-22(30)15-31-19-7-4-17(24)5-8-19)6-9-21(20)27-23(25-16)29-11-3-10-28(2)12-13-29/h4-9,14H,3,10-13,15H2,1-2H3,(H,26,30). The molecule has 0 bridgehead atoms. The molecule has 8 heteroatoms. The van der Waals surface area contributed by atoms with Crippen LogP contribution in [0.15, 0.2) is 42.5 Å². The van der Waals surface area contributed by atoms with Crippen molar-refractivity contribution in [3.8, 4) is 5.75 Å². The average Bonchev–Trinajstić information content (AvgIpc) is 2.98. The van der Waals surface area contributed by atoms with E-state index in [2.05, 4.69) is 22.2 Å². The molecule has 7 nitrogen and oxygen atoms in total. The van der Waals surface area contributed by atoms with Crippen molar-refractivity contribution >= 4 is 40.0 Å². The van der Waals surface area contributed by atoms with Gasteiger partial charge in [0.05, 0.1) is 11.2 Å². The normalized spacial score (nSPS) is 15.0. The summed E-state index contributed by atoms with van der Waals surface area (Å²) in [6.45, 7) is 5.86. The molecule has 162 valence electrons. The summed E-state index contributed by atoms with van der Waals surface area (Å²) < 4.78 is 5.50. The number of hydrogen-bond acceptors (Lipinski definition) is 6. The van der Waals surface area contributed by atoms with E-state index >= 15 is 0 Å². The van der Waals surface area contributed by atoms with Crippen LogP contribution in [-0.4, -0.2) is 60.6 Å². The maximum Gasteiger partial charge on any atom is 0.262 e. The summed E-state index contributed by atoms with van der Waals surface area (Å²) in [6, 6.07) is 12.6. The lowest BCUT2D eigenvalue weighted by Crippen LogP contribution is -2.30. The van der Waals surface area contributed by atoms with Gasteiger partial charge in [0.1, 0.15) is 5.75 Å². The van der Waals surface area contributed by atoms with Crippen LogP contribution in [0.3, 0.4) is 0 Å². The van der Waals surface area contributed by atoms with E-state index in [1.165, 1.54) is 0 Å². The largest absolute Gasteiger partial charge is 0.484 e. The second-order valence-electron chi connectivity index (χ2n) is 7.78. The summed E-state index contributed by atoms with van der Waals surface area (Å²) in [7, 11) is 2.15. The fourth-order valence-corrected chi connectivity index (χ4v) is 3.73. The van der Waals surface area contributed by atoms with E-state index in [9.17, 15) is 4.79 Å². The fourth-order valence-electron chi connectivity index (χ4n) is 3.61. The molecule has 1 fully saturated rings. The van der Waals surface area contributed by atoms with E-state index in [1.54, 1.807) is 24.3 Å². The van der Waals surface area contributed by atoms with Crippen LogP contribution in [0.4, 0.5) is 11.6 Å². The van der Waals surface area contributed by atoms with Crippen molar-refractivity contribution in [3.05, 3.63) is 53.2 Å². The second-order valence-corrected chi connectivity index (χ2v) is 8.21. The van der Waals surface area contributed by atoms with E-state index in [4.69, 9.17) is 26.3 Å². The van der Waals surface area contributed by atoms with Gasteiger partial charge in [0, 0.05) is 35.7 Å². The second kappa shape index (κ2) is 9.49. The quantitative estimate of drug-likeness (QED) is 0.652. The number of nitrogens with one attached hydrogen (secondary N) is 1. The Morgan fingerprint density at radius 3 is 2.71 bits per heavy atom. The predicted molar refractivity (Wildman–Crippen MR) is 124 cm³/mol. The van der Waals surface area contributed by atoms with Crippen LogP contribution in [0.2, 0.25) is 5.02 Å². The van der Waals surface area contributed by atoms with Crippen LogP contribution in [0.5, 0.6) is 5.75 Å². The number of halogens is 1. The lowest BCUT2D eigenvalue weighted by atomic mass is 10.1. The molecular formula is C23H26ClN5O2. The highest BCUT2D eigenvalue weighted by Gasteiger charge is 2.16. The summed E-state index contributed by atoms with van der Waals surface area (Å²) >= 11 is 5.86. The van der Waals surface area contributed by atoms with Crippen LogP contribution in [0.25, 0.3) is 10.9 Å². The molecule has 2 aromatic carbocycles. The van der Waals surface area contributed by atoms with Gasteiger partial charge >= 0.3 is 0 Å². The minimum atomic E-state index is -0.238. The summed E-state index contributed by atoms with van der Waals surface area (Å²) in [4.78, 5) is 26.4. The molecule has 3 aromatic rings. The molecule has 1 N–H and O–H groups in total. The molecule has 1 aromatic heterocycles. The van der Waals surface area contributed by atoms with Crippen molar-refractivity contribution < 1.29 is 9.53 Å². The molecule has 4 rings (SSSR count). The third kappa shape index (κ3) is 5.42. The maximum absolute atomic E-state index is 12.3. The third-order valence-corrected chi connectivity index (χ3v) is 5.60. The fraction of sp³-hybridized carbons (Fsp3) is 0.348. The molecule has 0 aliphatic carbocycles. The van der Waals surface area contributed by atoms with Gasteiger partial charge in [0.15, 0.2) is 6.61 Å². The number of anilines is 2. The number of carbonyl (C=O) groups excluding carboxylic acids is 1. The molecule has 0 atom stereocenters. The monoisotopic (exact) mass is 439 g/mol. The van der Waals surface area contributed by atoms with Crippen molar-refractivity contribution in [2.45, 2.75) is 13.3 Å². The number of rotatable bonds is 5. The van der Waals surface area contributed by atoms with Crippen molar-refractivity contribution in [2.24, 2.45) is 0 Å². The summed E-state index contributed by atoms with van der Waals surface area (Å²) in [5.74, 6) is 1.13. The first-order chi connectivity index (χ1) is 15.0. The van der Waals surface area contributed by atoms with Crippen LogP contribution < -0.4 is 15.0 Å². The van der Waals surface area contributed by atoms with Crippen molar-refractivity contribution in [2.75, 3.05) is 50.1 Å². The summed E-state index contributed by atoms with van der Waals surface area (Å²) in [5, 5.41) is 4.42. The average molecular weight is 440 g/mol. The first kappa shape index (κ1) is 21.3. The van der Waals surface area contributed by atoms with Gasteiger partial charge in [0.25, 0.3) is 5.91 Å². The lowest BCUT2D eigenvalue weighted by Gasteiger charge is -2.21. The molecule has 1 saturated heterocycles. The summed E-state index contributed by atoms with van der Waals surface area (Å²) in [6.07, 6.45) is 1.10. The number of likely N-dealkylation sites (N-methyl/N-ethyl adjacent to an activating group) is 1. The zero-order valence-electron chi connectivity index (χ0n) is 17.8. The zero-order valence-corrected chi connectivity index (χ0v) is 18.5. The van der Waals surface area contributed by atoms with Crippen LogP contribution in [-0.2, 0) is 4.79 Å². The Labute approximate surface area is 187 Å². The van der Waals surface area contributed by atoms with Crippen molar-refractivity contribution in [1.82, 2.24) is 14.9 Å². The van der Waals surface area contributed by atoms with E-state index < -0.39 is 0 Å². The number of fused-ring (bicyclic) bond motifs is 1. The molecular weight excluding hydrogens is 414 g/mol. The Kier molecular flexibility index (Phi) is 6.53. The Hall–Kier alpha value is -2.90. The van der Waals surface area contributed by atoms with Crippen LogP contribution in [0, 0.1) is 6.92 Å². The van der Waals surface area contributed by atoms with Gasteiger partial charge in [-0.3, -0.25) is 4.79 Å². The molecule has 0 saturated carbocycles. The lowest BCUT2D eigenvalue weighted by molar-refractivity contribution is -0.118. The number of benzene rings is 2. The van der Waals surface area contributed by atoms with E-state index in [0.29, 0.717) is 16.5 Å². The molecule has 0 spiro atoms. The van der Waals surface area contributed by atoms with Gasteiger partial charge in [0.2, 0.25) is 5.95 Å². The molecule has 2 heterocycles. The number of nitrogens with zero attached hydrogens (tertiary/aromatic N) is 4. The minimum absolute atomic E-state index is 0.0858. The number of hydrogen-bond donors (Lipinski definition) is 1. The van der Waals surface area contributed by atoms with Gasteiger partial charge in [-0.2, -0.15) is 0 Å². The van der Waals surface area contributed by atoms with E-state index in [0.717, 1.165) is 55.1 Å². The first-order valence-electron chi connectivity index (χ1n) is 10.4. The Balaban J connectivity index is 1.44. The van der Waals surface area contributed by atoms with Gasteiger partial charge in [-0.15, -0.1) is 0 Å². The summed E-state index contributed by atoms with van der Waals surface area (Å²) in [5.41, 5.74) is 2.45. The Morgan fingerprint density at radius 2 is 1.90 bits per heavy atom. The van der Waals surface area contributed by atoms with Crippen LogP contribution >= 0.6 is 11.6 Å². The number of carbonyl (C=O) groups is 1. The molecule has 1 aliphatic heterocycles. The van der Waals surface area contributed by atoms with Gasteiger partial charge < -0.3 is 19.9 Å². The number of aryl methyl sites for hydroxylation is 1. The van der Waals surface area contributed by atoms with E-state index in [1.807, 2.05) is 25.1 Å². The van der Waals surface area contributed by atoms with Crippen molar-refractivity contribution in [3.63, 3.8) is 0 Å². The maximum atomic E-state index is 12.3. The predicted octanol–water partition coefficient (Wildman–Crippen LogP) is 3.75. The first-order valence-corrected chi connectivity index (χ1v) is 10.8. The highest BCUT2D eigenvalue weighted by molar-refractivity contribution is 6.30. The highest BCUT2D eigenvalue weighted by Crippen LogP contribution is 2.23. The number of aromatic nitrogens is 2. The topological polar surface area (TPSA) is 70.6 Å². The van der Waals surface area contributed by atoms with Gasteiger partial charge in [-0.05, 0) is 69.4 Å². The third-order valence-electron chi connectivity index (χ3n) is 5.34. The molecule has 1 aliphatic rings. The molecule has 1 amide bonds. The Morgan fingerprint density at radius 1 is 1.10 bits per heavy atom. The molecule has 31 heavy (non-hydrogen) atoms. The van der Waals surface area contributed by atoms with Crippen molar-refractivity contribution in [1.29, 1.82) is 0 Å². The minimum Gasteiger partial charge on any atom is -0.484 e. The van der Waals surface area contributed by atoms with Crippen LogP contribution in [0.1, 0.15) is 12.1 Å². The highest BCUT2D eigenvalue weighted by atomic mass is 35.5. The zero-order chi connectivity index (χ0) is 21.8. The molecule has 0 radical (unpaired) electrons. The molecule has 0 unspecified atom stereocenters. The van der Waals surface area contributed by atoms with E-state index in [-0.39, 0.29) is 12.5 Å².